The molecular formula is C21H26N2O2. The summed E-state index contributed by atoms with van der Waals surface area (Å²) in [4.78, 5) is 26.9. The molecule has 25 heavy (non-hydrogen) atoms. The standard InChI is InChI=1S/C21H26N2O2/c1-4-20(24)23(15-18-13-9-8-10-16(18)2)19(21(25)22-3)14-17-11-6-5-7-12-17/h5-13,19H,4,14-15H2,1-3H3,(H,22,25)/t19-/m1/s1. The number of nitrogens with zero attached hydrogens (tertiary/aromatic N) is 1. The van der Waals surface area contributed by atoms with Crippen molar-refractivity contribution < 1.29 is 9.59 Å². The van der Waals surface area contributed by atoms with E-state index >= 15 is 0 Å². The highest BCUT2D eigenvalue weighted by atomic mass is 16.2. The lowest BCUT2D eigenvalue weighted by Crippen LogP contribution is -2.49. The second-order valence-electron chi connectivity index (χ2n) is 6.12. The van der Waals surface area contributed by atoms with Crippen LogP contribution in [0, 0.1) is 6.92 Å². The fraction of sp³-hybridized carbons (Fsp3) is 0.333. The Morgan fingerprint density at radius 2 is 1.68 bits per heavy atom. The summed E-state index contributed by atoms with van der Waals surface area (Å²) in [5, 5.41) is 2.71. The average Bonchev–Trinajstić information content (AvgIpc) is 2.65. The third kappa shape index (κ3) is 4.92. The predicted octanol–water partition coefficient (Wildman–Crippen LogP) is 3.09. The molecule has 4 heteroatoms. The van der Waals surface area contributed by atoms with E-state index in [0.717, 1.165) is 16.7 Å². The van der Waals surface area contributed by atoms with Crippen molar-refractivity contribution in [1.82, 2.24) is 10.2 Å². The topological polar surface area (TPSA) is 49.4 Å². The summed E-state index contributed by atoms with van der Waals surface area (Å²) < 4.78 is 0. The van der Waals surface area contributed by atoms with Gasteiger partial charge in [0.2, 0.25) is 11.8 Å². The van der Waals surface area contributed by atoms with Crippen LogP contribution < -0.4 is 5.32 Å². The normalized spacial score (nSPS) is 11.6. The van der Waals surface area contributed by atoms with Gasteiger partial charge in [-0.15, -0.1) is 0 Å². The van der Waals surface area contributed by atoms with E-state index in [1.54, 1.807) is 11.9 Å². The maximum atomic E-state index is 12.6. The Hall–Kier alpha value is -2.62. The van der Waals surface area contributed by atoms with Crippen LogP contribution in [0.4, 0.5) is 0 Å². The van der Waals surface area contributed by atoms with Gasteiger partial charge in [0.15, 0.2) is 0 Å². The van der Waals surface area contributed by atoms with Crippen LogP contribution in [0.3, 0.4) is 0 Å². The highest BCUT2D eigenvalue weighted by Gasteiger charge is 2.29. The van der Waals surface area contributed by atoms with Crippen LogP contribution in [-0.2, 0) is 22.6 Å². The minimum Gasteiger partial charge on any atom is -0.357 e. The van der Waals surface area contributed by atoms with Gasteiger partial charge in [0.25, 0.3) is 0 Å². The van der Waals surface area contributed by atoms with E-state index in [1.807, 2.05) is 68.4 Å². The SMILES string of the molecule is CCC(=O)N(Cc1ccccc1C)[C@H](Cc1ccccc1)C(=O)NC. The van der Waals surface area contributed by atoms with E-state index in [9.17, 15) is 9.59 Å². The summed E-state index contributed by atoms with van der Waals surface area (Å²) >= 11 is 0. The third-order valence-electron chi connectivity index (χ3n) is 4.42. The number of nitrogens with one attached hydrogen (secondary N) is 1. The van der Waals surface area contributed by atoms with Crippen molar-refractivity contribution in [2.75, 3.05) is 7.05 Å². The molecule has 0 heterocycles. The third-order valence-corrected chi connectivity index (χ3v) is 4.42. The number of hydrogen-bond acceptors (Lipinski definition) is 2. The van der Waals surface area contributed by atoms with Gasteiger partial charge < -0.3 is 10.2 Å². The van der Waals surface area contributed by atoms with Crippen molar-refractivity contribution in [1.29, 1.82) is 0 Å². The zero-order valence-electron chi connectivity index (χ0n) is 15.2. The number of rotatable bonds is 7. The van der Waals surface area contributed by atoms with Crippen molar-refractivity contribution in [3.63, 3.8) is 0 Å². The lowest BCUT2D eigenvalue weighted by Gasteiger charge is -2.31. The van der Waals surface area contributed by atoms with Crippen molar-refractivity contribution >= 4 is 11.8 Å². The molecule has 2 amide bonds. The van der Waals surface area contributed by atoms with Gasteiger partial charge in [0, 0.05) is 26.4 Å². The molecule has 1 N–H and O–H groups in total. The van der Waals surface area contributed by atoms with E-state index in [-0.39, 0.29) is 11.8 Å². The fourth-order valence-electron chi connectivity index (χ4n) is 2.89. The molecular weight excluding hydrogens is 312 g/mol. The monoisotopic (exact) mass is 338 g/mol. The van der Waals surface area contributed by atoms with Crippen LogP contribution in [-0.4, -0.2) is 29.8 Å². The Labute approximate surface area is 149 Å². The first-order valence-corrected chi connectivity index (χ1v) is 8.66. The van der Waals surface area contributed by atoms with Crippen molar-refractivity contribution in [2.45, 2.75) is 39.3 Å². The Balaban J connectivity index is 2.34. The molecule has 0 aromatic heterocycles. The van der Waals surface area contributed by atoms with E-state index in [4.69, 9.17) is 0 Å². The first kappa shape index (κ1) is 18.7. The molecule has 0 saturated carbocycles. The molecule has 0 aliphatic carbocycles. The van der Waals surface area contributed by atoms with Crippen LogP contribution >= 0.6 is 0 Å². The molecule has 2 aromatic rings. The summed E-state index contributed by atoms with van der Waals surface area (Å²) in [6, 6.07) is 17.3. The van der Waals surface area contributed by atoms with Gasteiger partial charge in [0.05, 0.1) is 0 Å². The molecule has 2 aromatic carbocycles. The van der Waals surface area contributed by atoms with E-state index in [0.29, 0.717) is 19.4 Å². The van der Waals surface area contributed by atoms with Crippen molar-refractivity contribution in [3.05, 3.63) is 71.3 Å². The molecule has 0 spiro atoms. The molecule has 0 fully saturated rings. The second kappa shape index (κ2) is 9.02. The molecule has 1 atom stereocenters. The number of carbonyl (C=O) groups is 2. The van der Waals surface area contributed by atoms with Crippen LogP contribution in [0.25, 0.3) is 0 Å². The number of hydrogen-bond donors (Lipinski definition) is 1. The Morgan fingerprint density at radius 3 is 2.28 bits per heavy atom. The highest BCUT2D eigenvalue weighted by Crippen LogP contribution is 2.17. The molecule has 0 aliphatic heterocycles. The second-order valence-corrected chi connectivity index (χ2v) is 6.12. The maximum Gasteiger partial charge on any atom is 0.242 e. The summed E-state index contributed by atoms with van der Waals surface area (Å²) in [6.45, 7) is 4.29. The zero-order chi connectivity index (χ0) is 18.2. The number of aryl methyl sites for hydroxylation is 1. The minimum absolute atomic E-state index is 0.0206. The molecule has 0 bridgehead atoms. The summed E-state index contributed by atoms with van der Waals surface area (Å²) in [5.74, 6) is -0.160. The molecule has 0 unspecified atom stereocenters. The Bertz CT molecular complexity index is 713. The Kier molecular flexibility index (Phi) is 6.75. The van der Waals surface area contributed by atoms with Gasteiger partial charge >= 0.3 is 0 Å². The van der Waals surface area contributed by atoms with Gasteiger partial charge in [0.1, 0.15) is 6.04 Å². The van der Waals surface area contributed by atoms with Crippen LogP contribution in [0.15, 0.2) is 54.6 Å². The summed E-state index contributed by atoms with van der Waals surface area (Å²) in [6.07, 6.45) is 0.867. The fourth-order valence-corrected chi connectivity index (χ4v) is 2.89. The highest BCUT2D eigenvalue weighted by molar-refractivity contribution is 5.87. The van der Waals surface area contributed by atoms with Crippen LogP contribution in [0.5, 0.6) is 0 Å². The number of likely N-dealkylation sites (N-methyl/N-ethyl adjacent to an activating group) is 1. The molecule has 4 nitrogen and oxygen atoms in total. The van der Waals surface area contributed by atoms with Gasteiger partial charge in [-0.2, -0.15) is 0 Å². The van der Waals surface area contributed by atoms with Crippen molar-refractivity contribution in [2.24, 2.45) is 0 Å². The average molecular weight is 338 g/mol. The Morgan fingerprint density at radius 1 is 1.04 bits per heavy atom. The first-order valence-electron chi connectivity index (χ1n) is 8.66. The molecule has 132 valence electrons. The maximum absolute atomic E-state index is 12.6. The number of carbonyl (C=O) groups excluding carboxylic acids is 2. The minimum atomic E-state index is -0.528. The smallest absolute Gasteiger partial charge is 0.242 e. The van der Waals surface area contributed by atoms with E-state index < -0.39 is 6.04 Å². The lowest BCUT2D eigenvalue weighted by atomic mass is 10.0. The van der Waals surface area contributed by atoms with E-state index in [1.165, 1.54) is 0 Å². The lowest BCUT2D eigenvalue weighted by molar-refractivity contribution is -0.140. The van der Waals surface area contributed by atoms with Crippen LogP contribution in [0.1, 0.15) is 30.0 Å². The molecule has 0 aliphatic rings. The van der Waals surface area contributed by atoms with Gasteiger partial charge in [-0.3, -0.25) is 9.59 Å². The summed E-state index contributed by atoms with van der Waals surface area (Å²) in [5.41, 5.74) is 3.22. The molecule has 0 saturated heterocycles. The van der Waals surface area contributed by atoms with Gasteiger partial charge in [-0.1, -0.05) is 61.5 Å². The zero-order valence-corrected chi connectivity index (χ0v) is 15.2. The quantitative estimate of drug-likeness (QED) is 0.843. The van der Waals surface area contributed by atoms with E-state index in [2.05, 4.69) is 5.32 Å². The number of benzene rings is 2. The first-order chi connectivity index (χ1) is 12.1. The summed E-state index contributed by atoms with van der Waals surface area (Å²) in [7, 11) is 1.61. The van der Waals surface area contributed by atoms with Crippen LogP contribution in [0.2, 0.25) is 0 Å². The van der Waals surface area contributed by atoms with Crippen molar-refractivity contribution in [3.8, 4) is 0 Å². The largest absolute Gasteiger partial charge is 0.357 e. The van der Waals surface area contributed by atoms with Gasteiger partial charge in [-0.25, -0.2) is 0 Å². The predicted molar refractivity (Wildman–Crippen MR) is 100 cm³/mol. The number of amides is 2. The molecule has 2 rings (SSSR count). The molecule has 0 radical (unpaired) electrons. The van der Waals surface area contributed by atoms with Gasteiger partial charge in [-0.05, 0) is 23.6 Å².